The van der Waals surface area contributed by atoms with Crippen molar-refractivity contribution in [3.63, 3.8) is 0 Å². The number of amides is 1. The van der Waals surface area contributed by atoms with Crippen LogP contribution in [0.2, 0.25) is 0 Å². The largest absolute Gasteiger partial charge is 0.497 e. The lowest BCUT2D eigenvalue weighted by Gasteiger charge is -2.27. The van der Waals surface area contributed by atoms with E-state index in [-0.39, 0.29) is 17.5 Å². The van der Waals surface area contributed by atoms with Crippen LogP contribution in [0.5, 0.6) is 11.5 Å². The van der Waals surface area contributed by atoms with Gasteiger partial charge in [0, 0.05) is 23.2 Å². The van der Waals surface area contributed by atoms with Gasteiger partial charge in [-0.05, 0) is 36.1 Å². The van der Waals surface area contributed by atoms with Crippen LogP contribution in [-0.2, 0) is 0 Å². The molecule has 0 aliphatic heterocycles. The minimum atomic E-state index is -0.449. The summed E-state index contributed by atoms with van der Waals surface area (Å²) in [5.74, 6) is 0.387. The van der Waals surface area contributed by atoms with Crippen LogP contribution in [-0.4, -0.2) is 38.2 Å². The summed E-state index contributed by atoms with van der Waals surface area (Å²) in [4.78, 5) is 37.9. The molecular weight excluding hydrogens is 382 g/mol. The summed E-state index contributed by atoms with van der Waals surface area (Å²) in [6.45, 7) is 4.19. The van der Waals surface area contributed by atoms with E-state index in [0.29, 0.717) is 46.7 Å². The van der Waals surface area contributed by atoms with Gasteiger partial charge >= 0.3 is 0 Å². The summed E-state index contributed by atoms with van der Waals surface area (Å²) in [6.07, 6.45) is 1.78. The Morgan fingerprint density at radius 2 is 1.70 bits per heavy atom. The van der Waals surface area contributed by atoms with Crippen LogP contribution in [0.4, 0.5) is 0 Å². The fourth-order valence-corrected chi connectivity index (χ4v) is 3.49. The number of methoxy groups -OCH3 is 2. The van der Waals surface area contributed by atoms with Gasteiger partial charge in [0.15, 0.2) is 11.6 Å². The normalized spacial score (nSPS) is 13.4. The molecule has 0 saturated heterocycles. The number of rotatable bonds is 7. The molecule has 6 heteroatoms. The molecule has 2 aromatic carbocycles. The third-order valence-electron chi connectivity index (χ3n) is 5.08. The van der Waals surface area contributed by atoms with E-state index in [2.05, 4.69) is 5.32 Å². The second kappa shape index (κ2) is 8.53. The van der Waals surface area contributed by atoms with Crippen LogP contribution >= 0.6 is 0 Å². The van der Waals surface area contributed by atoms with Crippen molar-refractivity contribution in [2.45, 2.75) is 20.3 Å². The molecule has 0 heterocycles. The summed E-state index contributed by atoms with van der Waals surface area (Å²) in [5.41, 5.74) is 1.24. The van der Waals surface area contributed by atoms with Crippen molar-refractivity contribution in [1.82, 2.24) is 5.32 Å². The summed E-state index contributed by atoms with van der Waals surface area (Å²) in [7, 11) is 3.03. The van der Waals surface area contributed by atoms with Crippen LogP contribution in [0, 0.1) is 5.41 Å². The molecule has 0 saturated carbocycles. The fourth-order valence-electron chi connectivity index (χ4n) is 3.49. The van der Waals surface area contributed by atoms with E-state index in [1.165, 1.54) is 20.3 Å². The second-order valence-electron chi connectivity index (χ2n) is 8.00. The number of nitrogens with one attached hydrogen (secondary N) is 1. The lowest BCUT2D eigenvalue weighted by Crippen LogP contribution is -2.35. The van der Waals surface area contributed by atoms with E-state index in [4.69, 9.17) is 9.47 Å². The first kappa shape index (κ1) is 21.3. The molecule has 0 spiro atoms. The van der Waals surface area contributed by atoms with E-state index >= 15 is 0 Å². The molecule has 1 amide bonds. The van der Waals surface area contributed by atoms with Gasteiger partial charge in [-0.25, -0.2) is 0 Å². The summed E-state index contributed by atoms with van der Waals surface area (Å²) in [6, 6.07) is 11.8. The number of carbonyl (C=O) groups is 3. The van der Waals surface area contributed by atoms with Gasteiger partial charge in [0.1, 0.15) is 11.5 Å². The minimum Gasteiger partial charge on any atom is -0.497 e. The highest BCUT2D eigenvalue weighted by Gasteiger charge is 2.30. The molecule has 0 unspecified atom stereocenters. The third-order valence-corrected chi connectivity index (χ3v) is 5.08. The SMILES string of the molecule is COc1ccc(OC)c(C(=O)NCC(C)(C)CC2=CC(=O)c3ccccc3C2=O)c1. The van der Waals surface area contributed by atoms with Crippen LogP contribution in [0.15, 0.2) is 54.1 Å². The first-order valence-corrected chi connectivity index (χ1v) is 9.64. The van der Waals surface area contributed by atoms with Gasteiger partial charge in [0.05, 0.1) is 19.8 Å². The summed E-state index contributed by atoms with van der Waals surface area (Å²) >= 11 is 0. The fraction of sp³-hybridized carbons (Fsp3) is 0.292. The van der Waals surface area contributed by atoms with E-state index in [1.54, 1.807) is 42.5 Å². The zero-order valence-electron chi connectivity index (χ0n) is 17.6. The first-order chi connectivity index (χ1) is 14.3. The quantitative estimate of drug-likeness (QED) is 0.754. The first-order valence-electron chi connectivity index (χ1n) is 9.64. The van der Waals surface area contributed by atoms with Crippen molar-refractivity contribution in [2.75, 3.05) is 20.8 Å². The Kier molecular flexibility index (Phi) is 6.06. The van der Waals surface area contributed by atoms with E-state index in [9.17, 15) is 14.4 Å². The van der Waals surface area contributed by atoms with Crippen LogP contribution in [0.25, 0.3) is 0 Å². The summed E-state index contributed by atoms with van der Waals surface area (Å²) < 4.78 is 10.5. The Bertz CT molecular complexity index is 1040. The van der Waals surface area contributed by atoms with Crippen LogP contribution in [0.3, 0.4) is 0 Å². The average Bonchev–Trinajstić information content (AvgIpc) is 2.75. The minimum absolute atomic E-state index is 0.140. The number of carbonyl (C=O) groups excluding carboxylic acids is 3. The zero-order valence-corrected chi connectivity index (χ0v) is 17.6. The molecule has 6 nitrogen and oxygen atoms in total. The van der Waals surface area contributed by atoms with Gasteiger partial charge in [-0.3, -0.25) is 14.4 Å². The van der Waals surface area contributed by atoms with E-state index in [1.807, 2.05) is 13.8 Å². The Labute approximate surface area is 175 Å². The summed E-state index contributed by atoms with van der Waals surface area (Å²) in [5, 5.41) is 2.90. The highest BCUT2D eigenvalue weighted by atomic mass is 16.5. The maximum atomic E-state index is 12.8. The van der Waals surface area contributed by atoms with Crippen molar-refractivity contribution >= 4 is 17.5 Å². The number of fused-ring (bicyclic) bond motifs is 1. The monoisotopic (exact) mass is 407 g/mol. The lowest BCUT2D eigenvalue weighted by molar-refractivity contribution is 0.0929. The Balaban J connectivity index is 1.71. The molecule has 3 rings (SSSR count). The standard InChI is InChI=1S/C24H25NO5/c1-24(2,13-15-11-20(26)17-7-5-6-8-18(17)22(15)27)14-25-23(28)19-12-16(29-3)9-10-21(19)30-4/h5-12H,13-14H2,1-4H3,(H,25,28). The molecule has 156 valence electrons. The topological polar surface area (TPSA) is 81.7 Å². The number of ether oxygens (including phenoxy) is 2. The molecule has 0 atom stereocenters. The molecule has 2 aromatic rings. The van der Waals surface area contributed by atoms with E-state index < -0.39 is 5.41 Å². The van der Waals surface area contributed by atoms with Gasteiger partial charge in [0.2, 0.25) is 0 Å². The number of hydrogen-bond donors (Lipinski definition) is 1. The highest BCUT2D eigenvalue weighted by Crippen LogP contribution is 2.31. The smallest absolute Gasteiger partial charge is 0.255 e. The van der Waals surface area contributed by atoms with Gasteiger partial charge in [-0.15, -0.1) is 0 Å². The van der Waals surface area contributed by atoms with Crippen LogP contribution in [0.1, 0.15) is 51.3 Å². The Morgan fingerprint density at radius 1 is 1.00 bits per heavy atom. The zero-order chi connectivity index (χ0) is 21.9. The molecule has 0 radical (unpaired) electrons. The number of Topliss-reactive ketones (excluding diaryl/α,β-unsaturated/α-hetero) is 1. The van der Waals surface area contributed by atoms with E-state index in [0.717, 1.165) is 0 Å². The Hall–Kier alpha value is -3.41. The molecule has 1 aliphatic rings. The average molecular weight is 407 g/mol. The predicted octanol–water partition coefficient (Wildman–Crippen LogP) is 3.86. The van der Waals surface area contributed by atoms with Gasteiger partial charge in [-0.2, -0.15) is 0 Å². The molecule has 30 heavy (non-hydrogen) atoms. The number of ketones is 2. The predicted molar refractivity (Wildman–Crippen MR) is 113 cm³/mol. The van der Waals surface area contributed by atoms with Crippen LogP contribution < -0.4 is 14.8 Å². The van der Waals surface area contributed by atoms with Gasteiger partial charge < -0.3 is 14.8 Å². The molecule has 0 bridgehead atoms. The number of allylic oxidation sites excluding steroid dienone is 2. The van der Waals surface area contributed by atoms with Crippen molar-refractivity contribution in [1.29, 1.82) is 0 Å². The molecule has 1 N–H and O–H groups in total. The second-order valence-corrected chi connectivity index (χ2v) is 8.00. The molecule has 1 aliphatic carbocycles. The maximum Gasteiger partial charge on any atom is 0.255 e. The Morgan fingerprint density at radius 3 is 2.37 bits per heavy atom. The van der Waals surface area contributed by atoms with Crippen molar-refractivity contribution in [3.8, 4) is 11.5 Å². The van der Waals surface area contributed by atoms with Crippen molar-refractivity contribution in [2.24, 2.45) is 5.41 Å². The lowest BCUT2D eigenvalue weighted by atomic mass is 9.79. The third kappa shape index (κ3) is 4.43. The van der Waals surface area contributed by atoms with Crippen molar-refractivity contribution in [3.05, 3.63) is 70.8 Å². The molecular formula is C24H25NO5. The number of benzene rings is 2. The van der Waals surface area contributed by atoms with Gasteiger partial charge in [0.25, 0.3) is 5.91 Å². The molecule has 0 aromatic heterocycles. The van der Waals surface area contributed by atoms with Gasteiger partial charge in [-0.1, -0.05) is 38.1 Å². The molecule has 0 fully saturated rings. The maximum absolute atomic E-state index is 12.8. The number of hydrogen-bond acceptors (Lipinski definition) is 5. The highest BCUT2D eigenvalue weighted by molar-refractivity contribution is 6.24. The van der Waals surface area contributed by atoms with Crippen molar-refractivity contribution < 1.29 is 23.9 Å².